The second-order valence-corrected chi connectivity index (χ2v) is 3.19. The molecular weight excluding hydrogens is 219 g/mol. The number of halogens is 3. The number of hydrazine groups is 1. The van der Waals surface area contributed by atoms with Crippen LogP contribution in [0, 0.1) is 0 Å². The molecule has 0 saturated carbocycles. The Labute approximate surface area is 91.1 Å². The van der Waals surface area contributed by atoms with Gasteiger partial charge in [0.15, 0.2) is 0 Å². The van der Waals surface area contributed by atoms with Crippen LogP contribution in [-0.2, 0) is 12.6 Å². The predicted molar refractivity (Wildman–Crippen MR) is 55.8 cm³/mol. The summed E-state index contributed by atoms with van der Waals surface area (Å²) >= 11 is 0. The monoisotopic (exact) mass is 231 g/mol. The maximum atomic E-state index is 12.3. The lowest BCUT2D eigenvalue weighted by Crippen LogP contribution is -2.31. The Morgan fingerprint density at radius 1 is 1.31 bits per heavy atom. The Balaban J connectivity index is 2.80. The van der Waals surface area contributed by atoms with Crippen molar-refractivity contribution in [3.05, 3.63) is 35.4 Å². The van der Waals surface area contributed by atoms with Crippen LogP contribution in [0.5, 0.6) is 0 Å². The average Bonchev–Trinajstić information content (AvgIpc) is 2.25. The summed E-state index contributed by atoms with van der Waals surface area (Å²) in [6.07, 6.45) is -3.92. The molecule has 1 aromatic carbocycles. The molecule has 0 saturated heterocycles. The summed E-state index contributed by atoms with van der Waals surface area (Å²) < 4.78 is 36.8. The molecular formula is C10H12F3N3. The van der Waals surface area contributed by atoms with E-state index in [2.05, 4.69) is 10.4 Å². The van der Waals surface area contributed by atoms with E-state index in [-0.39, 0.29) is 0 Å². The fourth-order valence-corrected chi connectivity index (χ4v) is 1.20. The van der Waals surface area contributed by atoms with Crippen LogP contribution in [0.1, 0.15) is 11.1 Å². The van der Waals surface area contributed by atoms with Crippen molar-refractivity contribution in [2.75, 3.05) is 7.05 Å². The first kappa shape index (κ1) is 12.5. The zero-order chi connectivity index (χ0) is 12.2. The van der Waals surface area contributed by atoms with Crippen molar-refractivity contribution in [1.82, 2.24) is 5.43 Å². The smallest absolute Gasteiger partial charge is 0.312 e. The van der Waals surface area contributed by atoms with E-state index in [0.29, 0.717) is 17.8 Å². The van der Waals surface area contributed by atoms with Crippen LogP contribution in [0.3, 0.4) is 0 Å². The standard InChI is InChI=1S/C10H12F3N3/c1-15-9(16-14)6-7-2-4-8(5-3-7)10(11,12)13/h2-5H,6,14H2,1H3,(H,15,16). The molecule has 0 fully saturated rings. The number of hydrogen-bond donors (Lipinski definition) is 2. The molecule has 0 spiro atoms. The second kappa shape index (κ2) is 4.98. The normalized spacial score (nSPS) is 12.7. The van der Waals surface area contributed by atoms with Gasteiger partial charge >= 0.3 is 6.18 Å². The van der Waals surface area contributed by atoms with Gasteiger partial charge in [-0.3, -0.25) is 4.99 Å². The minimum atomic E-state index is -4.30. The van der Waals surface area contributed by atoms with Gasteiger partial charge in [0.05, 0.1) is 5.56 Å². The van der Waals surface area contributed by atoms with Crippen LogP contribution in [0.4, 0.5) is 13.2 Å². The molecule has 1 aromatic rings. The minimum absolute atomic E-state index is 0.380. The number of hydrogen-bond acceptors (Lipinski definition) is 2. The molecule has 0 unspecified atom stereocenters. The lowest BCUT2D eigenvalue weighted by molar-refractivity contribution is -0.137. The lowest BCUT2D eigenvalue weighted by atomic mass is 10.1. The molecule has 6 heteroatoms. The number of nitrogens with two attached hydrogens (primary N) is 1. The van der Waals surface area contributed by atoms with Crippen LogP contribution in [0.2, 0.25) is 0 Å². The predicted octanol–water partition coefficient (Wildman–Crippen LogP) is 1.74. The van der Waals surface area contributed by atoms with Gasteiger partial charge in [0.1, 0.15) is 5.84 Å². The summed E-state index contributed by atoms with van der Waals surface area (Å²) in [5, 5.41) is 0. The van der Waals surface area contributed by atoms with E-state index < -0.39 is 11.7 Å². The molecule has 0 aliphatic rings. The van der Waals surface area contributed by atoms with Crippen LogP contribution in [0.25, 0.3) is 0 Å². The highest BCUT2D eigenvalue weighted by molar-refractivity contribution is 5.83. The molecule has 1 rings (SSSR count). The van der Waals surface area contributed by atoms with E-state index in [1.165, 1.54) is 12.1 Å². The SMILES string of the molecule is CN=C(Cc1ccc(C(F)(F)F)cc1)NN. The molecule has 3 N–H and O–H groups in total. The third kappa shape index (κ3) is 3.23. The highest BCUT2D eigenvalue weighted by atomic mass is 19.4. The van der Waals surface area contributed by atoms with Gasteiger partial charge in [0.25, 0.3) is 0 Å². The number of nitrogens with zero attached hydrogens (tertiary/aromatic N) is 1. The van der Waals surface area contributed by atoms with E-state index in [1.807, 2.05) is 0 Å². The maximum Gasteiger partial charge on any atom is 0.416 e. The first-order valence-electron chi connectivity index (χ1n) is 4.55. The van der Waals surface area contributed by atoms with Crippen molar-refractivity contribution in [2.45, 2.75) is 12.6 Å². The van der Waals surface area contributed by atoms with Gasteiger partial charge in [0.2, 0.25) is 0 Å². The zero-order valence-corrected chi connectivity index (χ0v) is 8.67. The molecule has 88 valence electrons. The van der Waals surface area contributed by atoms with E-state index in [0.717, 1.165) is 12.1 Å². The van der Waals surface area contributed by atoms with Gasteiger partial charge in [-0.15, -0.1) is 0 Å². The van der Waals surface area contributed by atoms with Gasteiger partial charge in [-0.1, -0.05) is 12.1 Å². The summed E-state index contributed by atoms with van der Waals surface area (Å²) in [5.41, 5.74) is 2.43. The third-order valence-corrected chi connectivity index (χ3v) is 2.09. The summed E-state index contributed by atoms with van der Waals surface area (Å²) in [7, 11) is 1.55. The first-order chi connectivity index (χ1) is 7.47. The maximum absolute atomic E-state index is 12.3. The fourth-order valence-electron chi connectivity index (χ4n) is 1.20. The number of rotatable bonds is 2. The van der Waals surface area contributed by atoms with Crippen LogP contribution in [0.15, 0.2) is 29.3 Å². The first-order valence-corrected chi connectivity index (χ1v) is 4.55. The number of aliphatic imine (C=N–C) groups is 1. The Morgan fingerprint density at radius 3 is 2.25 bits per heavy atom. The minimum Gasteiger partial charge on any atom is -0.312 e. The highest BCUT2D eigenvalue weighted by Crippen LogP contribution is 2.29. The summed E-state index contributed by atoms with van der Waals surface area (Å²) in [6.45, 7) is 0. The Morgan fingerprint density at radius 2 is 1.88 bits per heavy atom. The largest absolute Gasteiger partial charge is 0.416 e. The van der Waals surface area contributed by atoms with Crippen molar-refractivity contribution in [3.8, 4) is 0 Å². The van der Waals surface area contributed by atoms with E-state index in [9.17, 15) is 13.2 Å². The molecule has 16 heavy (non-hydrogen) atoms. The molecule has 0 aliphatic carbocycles. The van der Waals surface area contributed by atoms with Crippen molar-refractivity contribution in [3.63, 3.8) is 0 Å². The summed E-state index contributed by atoms with van der Waals surface area (Å²) in [4.78, 5) is 3.83. The van der Waals surface area contributed by atoms with Crippen LogP contribution >= 0.6 is 0 Å². The van der Waals surface area contributed by atoms with Crippen molar-refractivity contribution in [2.24, 2.45) is 10.8 Å². The zero-order valence-electron chi connectivity index (χ0n) is 8.67. The molecule has 0 aromatic heterocycles. The van der Waals surface area contributed by atoms with Gasteiger partial charge in [-0.05, 0) is 17.7 Å². The quantitative estimate of drug-likeness (QED) is 0.352. The van der Waals surface area contributed by atoms with E-state index >= 15 is 0 Å². The van der Waals surface area contributed by atoms with E-state index in [4.69, 9.17) is 5.84 Å². The molecule has 0 bridgehead atoms. The van der Waals surface area contributed by atoms with Gasteiger partial charge < -0.3 is 5.43 Å². The average molecular weight is 231 g/mol. The molecule has 0 amide bonds. The van der Waals surface area contributed by atoms with Gasteiger partial charge in [-0.2, -0.15) is 13.2 Å². The number of amidine groups is 1. The number of nitrogens with one attached hydrogen (secondary N) is 1. The van der Waals surface area contributed by atoms with Crippen molar-refractivity contribution >= 4 is 5.84 Å². The van der Waals surface area contributed by atoms with Gasteiger partial charge in [0, 0.05) is 13.5 Å². The Hall–Kier alpha value is -1.56. The molecule has 3 nitrogen and oxygen atoms in total. The van der Waals surface area contributed by atoms with Crippen molar-refractivity contribution < 1.29 is 13.2 Å². The molecule has 0 aliphatic heterocycles. The molecule has 0 heterocycles. The van der Waals surface area contributed by atoms with Crippen LogP contribution < -0.4 is 11.3 Å². The topological polar surface area (TPSA) is 50.4 Å². The Bertz CT molecular complexity index is 368. The third-order valence-electron chi connectivity index (χ3n) is 2.09. The highest BCUT2D eigenvalue weighted by Gasteiger charge is 2.29. The van der Waals surface area contributed by atoms with Gasteiger partial charge in [-0.25, -0.2) is 5.84 Å². The number of benzene rings is 1. The Kier molecular flexibility index (Phi) is 3.89. The second-order valence-electron chi connectivity index (χ2n) is 3.19. The molecule has 0 atom stereocenters. The summed E-state index contributed by atoms with van der Waals surface area (Å²) in [5.74, 6) is 5.68. The summed E-state index contributed by atoms with van der Waals surface area (Å²) in [6, 6.07) is 4.90. The van der Waals surface area contributed by atoms with E-state index in [1.54, 1.807) is 7.05 Å². The number of alkyl halides is 3. The molecule has 0 radical (unpaired) electrons. The fraction of sp³-hybridized carbons (Fsp3) is 0.300. The van der Waals surface area contributed by atoms with Crippen molar-refractivity contribution in [1.29, 1.82) is 0 Å². The van der Waals surface area contributed by atoms with Crippen LogP contribution in [-0.4, -0.2) is 12.9 Å². The lowest BCUT2D eigenvalue weighted by Gasteiger charge is -2.08.